The molecule has 0 unspecified atom stereocenters. The number of aryl methyl sites for hydroxylation is 1. The number of aromatic nitrogens is 1. The van der Waals surface area contributed by atoms with E-state index in [1.54, 1.807) is 12.1 Å². The van der Waals surface area contributed by atoms with Gasteiger partial charge in [0.15, 0.2) is 5.78 Å². The minimum Gasteiger partial charge on any atom is -0.481 e. The molecule has 1 fully saturated rings. The molecule has 172 valence electrons. The smallest absolute Gasteiger partial charge is 0.305 e. The molecule has 2 N–H and O–H groups in total. The number of fused-ring (bicyclic) bond motifs is 1. The van der Waals surface area contributed by atoms with Crippen LogP contribution in [0.15, 0.2) is 48.5 Å². The molecule has 0 radical (unpaired) electrons. The van der Waals surface area contributed by atoms with Gasteiger partial charge in [-0.25, -0.2) is 0 Å². The molecular weight excluding hydrogens is 440 g/mol. The molecule has 3 aromatic rings. The summed E-state index contributed by atoms with van der Waals surface area (Å²) in [5, 5.41) is 12.9. The summed E-state index contributed by atoms with van der Waals surface area (Å²) in [6.07, 6.45) is 3.69. The predicted octanol–water partition coefficient (Wildman–Crippen LogP) is 4.88. The Morgan fingerprint density at radius 1 is 1.12 bits per heavy atom. The summed E-state index contributed by atoms with van der Waals surface area (Å²) in [6.45, 7) is 0.0874. The van der Waals surface area contributed by atoms with Crippen molar-refractivity contribution in [2.45, 2.75) is 32.1 Å². The van der Waals surface area contributed by atoms with E-state index in [2.05, 4.69) is 5.32 Å². The summed E-state index contributed by atoms with van der Waals surface area (Å²) in [7, 11) is 1.91. The molecular formula is C26H27ClN2O4. The zero-order valence-electron chi connectivity index (χ0n) is 18.5. The lowest BCUT2D eigenvalue weighted by molar-refractivity contribution is -0.136. The molecule has 6 nitrogen and oxygen atoms in total. The summed E-state index contributed by atoms with van der Waals surface area (Å²) >= 11 is 6.13. The Labute approximate surface area is 197 Å². The third-order valence-electron chi connectivity index (χ3n) is 6.27. The van der Waals surface area contributed by atoms with Gasteiger partial charge in [0, 0.05) is 41.0 Å². The Bertz CT molecular complexity index is 1190. The normalized spacial score (nSPS) is 14.2. The first-order valence-electron chi connectivity index (χ1n) is 11.2. The van der Waals surface area contributed by atoms with Gasteiger partial charge < -0.3 is 15.0 Å². The molecule has 33 heavy (non-hydrogen) atoms. The molecule has 1 heterocycles. The van der Waals surface area contributed by atoms with Crippen LogP contribution >= 0.6 is 11.6 Å². The van der Waals surface area contributed by atoms with E-state index in [-0.39, 0.29) is 30.6 Å². The van der Waals surface area contributed by atoms with Gasteiger partial charge in [-0.1, -0.05) is 36.6 Å². The van der Waals surface area contributed by atoms with Crippen molar-refractivity contribution < 1.29 is 19.5 Å². The van der Waals surface area contributed by atoms with E-state index in [9.17, 15) is 14.4 Å². The van der Waals surface area contributed by atoms with Crippen LogP contribution < -0.4 is 5.32 Å². The number of hydrogen-bond acceptors (Lipinski definition) is 3. The lowest BCUT2D eigenvalue weighted by atomic mass is 9.88. The van der Waals surface area contributed by atoms with Gasteiger partial charge in [-0.2, -0.15) is 0 Å². The maximum absolute atomic E-state index is 13.6. The van der Waals surface area contributed by atoms with Crippen LogP contribution in [0.25, 0.3) is 10.9 Å². The van der Waals surface area contributed by atoms with Crippen molar-refractivity contribution in [3.05, 3.63) is 70.4 Å². The van der Waals surface area contributed by atoms with Crippen LogP contribution in [-0.2, 0) is 18.3 Å². The standard InChI is InChI=1S/C26H27ClN2O4/c1-29-22-9-8-21(27)14-19(22)15-23(29)25(32)20(12-16-2-3-16)13-17-4-6-18(7-5-17)26(33)28-11-10-24(30)31/h4-9,14-16,20H,2-3,10-13H2,1H3,(H,28,33)(H,30,31)/t20-/m1/s1. The average Bonchev–Trinajstić information content (AvgIpc) is 3.54. The summed E-state index contributed by atoms with van der Waals surface area (Å²) in [5.41, 5.74) is 3.14. The Morgan fingerprint density at radius 2 is 1.85 bits per heavy atom. The lowest BCUT2D eigenvalue weighted by Gasteiger charge is -2.17. The Balaban J connectivity index is 1.49. The highest BCUT2D eigenvalue weighted by Crippen LogP contribution is 2.38. The van der Waals surface area contributed by atoms with Gasteiger partial charge in [0.25, 0.3) is 5.91 Å². The number of ketones is 1. The number of hydrogen-bond donors (Lipinski definition) is 2. The van der Waals surface area contributed by atoms with Crippen molar-refractivity contribution in [3.8, 4) is 0 Å². The molecule has 1 aromatic heterocycles. The minimum atomic E-state index is -0.953. The first-order valence-corrected chi connectivity index (χ1v) is 11.6. The molecule has 0 saturated heterocycles. The molecule has 1 aliphatic rings. The number of aliphatic carboxylic acids is 1. The van der Waals surface area contributed by atoms with Gasteiger partial charge in [0.1, 0.15) is 0 Å². The minimum absolute atomic E-state index is 0.0874. The fourth-order valence-electron chi connectivity index (χ4n) is 4.27. The van der Waals surface area contributed by atoms with Crippen molar-refractivity contribution in [3.63, 3.8) is 0 Å². The van der Waals surface area contributed by atoms with E-state index in [0.717, 1.165) is 22.9 Å². The Kier molecular flexibility index (Phi) is 6.84. The second-order valence-electron chi connectivity index (χ2n) is 8.83. The van der Waals surface area contributed by atoms with Crippen LogP contribution in [0.4, 0.5) is 0 Å². The van der Waals surface area contributed by atoms with Gasteiger partial charge in [0.2, 0.25) is 0 Å². The predicted molar refractivity (Wildman–Crippen MR) is 128 cm³/mol. The number of Topliss-reactive ketones (excluding diaryl/α,β-unsaturated/α-hetero) is 1. The zero-order valence-corrected chi connectivity index (χ0v) is 19.3. The van der Waals surface area contributed by atoms with Gasteiger partial charge in [0.05, 0.1) is 12.1 Å². The second kappa shape index (κ2) is 9.79. The summed E-state index contributed by atoms with van der Waals surface area (Å²) < 4.78 is 1.94. The zero-order chi connectivity index (χ0) is 23.5. The Hall–Kier alpha value is -3.12. The number of halogens is 1. The molecule has 7 heteroatoms. The van der Waals surface area contributed by atoms with Crippen LogP contribution in [0.2, 0.25) is 5.02 Å². The molecule has 0 spiro atoms. The maximum atomic E-state index is 13.6. The van der Waals surface area contributed by atoms with Gasteiger partial charge in [-0.3, -0.25) is 14.4 Å². The number of nitrogens with one attached hydrogen (secondary N) is 1. The molecule has 4 rings (SSSR count). The number of carbonyl (C=O) groups is 3. The third-order valence-corrected chi connectivity index (χ3v) is 6.50. The Morgan fingerprint density at radius 3 is 2.52 bits per heavy atom. The van der Waals surface area contributed by atoms with Crippen molar-refractivity contribution in [1.29, 1.82) is 0 Å². The third kappa shape index (κ3) is 5.63. The fourth-order valence-corrected chi connectivity index (χ4v) is 4.45. The quantitative estimate of drug-likeness (QED) is 0.417. The highest BCUT2D eigenvalue weighted by molar-refractivity contribution is 6.31. The SMILES string of the molecule is Cn1c(C(=O)[C@@H](Cc2ccc(C(=O)NCCC(=O)O)cc2)CC2CC2)cc2cc(Cl)ccc21. The van der Waals surface area contributed by atoms with Gasteiger partial charge in [-0.05, 0) is 60.7 Å². The molecule has 1 saturated carbocycles. The van der Waals surface area contributed by atoms with Crippen LogP contribution in [0, 0.1) is 11.8 Å². The number of benzene rings is 2. The highest BCUT2D eigenvalue weighted by atomic mass is 35.5. The van der Waals surface area contributed by atoms with Crippen molar-refractivity contribution in [2.24, 2.45) is 18.9 Å². The molecule has 0 bridgehead atoms. The van der Waals surface area contributed by atoms with Crippen LogP contribution in [0.3, 0.4) is 0 Å². The van der Waals surface area contributed by atoms with Crippen LogP contribution in [-0.4, -0.2) is 33.9 Å². The summed E-state index contributed by atoms with van der Waals surface area (Å²) in [6, 6.07) is 14.8. The fraction of sp³-hybridized carbons (Fsp3) is 0.346. The number of carboxylic acid groups (broad SMARTS) is 1. The highest BCUT2D eigenvalue weighted by Gasteiger charge is 2.31. The summed E-state index contributed by atoms with van der Waals surface area (Å²) in [5.74, 6) is -0.658. The van der Waals surface area contributed by atoms with E-state index >= 15 is 0 Å². The van der Waals surface area contributed by atoms with E-state index in [1.807, 2.05) is 48.0 Å². The largest absolute Gasteiger partial charge is 0.481 e. The maximum Gasteiger partial charge on any atom is 0.305 e. The summed E-state index contributed by atoms with van der Waals surface area (Å²) in [4.78, 5) is 36.4. The van der Waals surface area contributed by atoms with E-state index < -0.39 is 5.97 Å². The number of amides is 1. The molecule has 2 aromatic carbocycles. The topological polar surface area (TPSA) is 88.4 Å². The number of rotatable bonds is 10. The molecule has 1 atom stereocenters. The molecule has 1 aliphatic carbocycles. The van der Waals surface area contributed by atoms with E-state index in [1.165, 1.54) is 12.8 Å². The van der Waals surface area contributed by atoms with Crippen molar-refractivity contribution >= 4 is 40.2 Å². The lowest BCUT2D eigenvalue weighted by Crippen LogP contribution is -2.26. The van der Waals surface area contributed by atoms with Gasteiger partial charge >= 0.3 is 5.97 Å². The molecule has 1 amide bonds. The van der Waals surface area contributed by atoms with Gasteiger partial charge in [-0.15, -0.1) is 0 Å². The van der Waals surface area contributed by atoms with Crippen molar-refractivity contribution in [2.75, 3.05) is 6.54 Å². The van der Waals surface area contributed by atoms with E-state index in [0.29, 0.717) is 28.6 Å². The monoisotopic (exact) mass is 466 g/mol. The first kappa shape index (κ1) is 23.1. The first-order chi connectivity index (χ1) is 15.8. The average molecular weight is 467 g/mol. The second-order valence-corrected chi connectivity index (χ2v) is 9.27. The number of carboxylic acids is 1. The van der Waals surface area contributed by atoms with Crippen molar-refractivity contribution in [1.82, 2.24) is 9.88 Å². The van der Waals surface area contributed by atoms with Crippen LogP contribution in [0.1, 0.15) is 52.1 Å². The van der Waals surface area contributed by atoms with Crippen LogP contribution in [0.5, 0.6) is 0 Å². The van der Waals surface area contributed by atoms with E-state index in [4.69, 9.17) is 16.7 Å². The molecule has 0 aliphatic heterocycles. The number of nitrogens with zero attached hydrogens (tertiary/aromatic N) is 1. The number of carbonyl (C=O) groups excluding carboxylic acids is 2.